The van der Waals surface area contributed by atoms with Crippen LogP contribution in [0, 0.1) is 0 Å². The van der Waals surface area contributed by atoms with E-state index in [1.807, 2.05) is 18.2 Å². The van der Waals surface area contributed by atoms with Crippen LogP contribution in [0.5, 0.6) is 0 Å². The van der Waals surface area contributed by atoms with Gasteiger partial charge in [-0.05, 0) is 37.8 Å². The van der Waals surface area contributed by atoms with Crippen LogP contribution in [0.2, 0.25) is 0 Å². The minimum absolute atomic E-state index is 0.360. The van der Waals surface area contributed by atoms with E-state index in [0.29, 0.717) is 12.0 Å². The lowest BCUT2D eigenvalue weighted by molar-refractivity contribution is 0.0111. The van der Waals surface area contributed by atoms with E-state index < -0.39 is 0 Å². The molecule has 0 saturated carbocycles. The molecule has 1 atom stereocenters. The van der Waals surface area contributed by atoms with Crippen molar-refractivity contribution < 1.29 is 4.74 Å². The highest BCUT2D eigenvalue weighted by Gasteiger charge is 2.17. The van der Waals surface area contributed by atoms with Crippen molar-refractivity contribution >= 4 is 11.6 Å². The smallest absolute Gasteiger partial charge is 0.152 e. The van der Waals surface area contributed by atoms with Gasteiger partial charge in [-0.25, -0.2) is 0 Å². The normalized spacial score (nSPS) is 18.8. The zero-order chi connectivity index (χ0) is 14.5. The molecule has 0 radical (unpaired) electrons. The van der Waals surface area contributed by atoms with E-state index in [1.54, 1.807) is 0 Å². The monoisotopic (exact) mass is 305 g/mol. The van der Waals surface area contributed by atoms with Crippen LogP contribution < -0.4 is 0 Å². The lowest BCUT2D eigenvalue weighted by Crippen LogP contribution is -2.20. The summed E-state index contributed by atoms with van der Waals surface area (Å²) in [7, 11) is 0. The second-order valence-corrected chi connectivity index (χ2v) is 5.63. The summed E-state index contributed by atoms with van der Waals surface area (Å²) in [5.74, 6) is 2.12. The molecule has 0 spiro atoms. The summed E-state index contributed by atoms with van der Waals surface area (Å²) in [4.78, 5) is 0. The van der Waals surface area contributed by atoms with Crippen LogP contribution in [0.15, 0.2) is 30.3 Å². The molecule has 1 aliphatic rings. The molecule has 2 aromatic rings. The molecule has 1 aromatic heterocycles. The highest BCUT2D eigenvalue weighted by Crippen LogP contribution is 2.20. The van der Waals surface area contributed by atoms with Gasteiger partial charge in [-0.2, -0.15) is 0 Å². The second kappa shape index (κ2) is 7.05. The number of para-hydroxylation sites is 1. The summed E-state index contributed by atoms with van der Waals surface area (Å²) >= 11 is 6.00. The number of nitrogens with zero attached hydrogens (tertiary/aromatic N) is 3. The number of aromatic nitrogens is 3. The first-order valence-electron chi connectivity index (χ1n) is 7.54. The first-order chi connectivity index (χ1) is 10.4. The van der Waals surface area contributed by atoms with Gasteiger partial charge in [0.1, 0.15) is 5.82 Å². The summed E-state index contributed by atoms with van der Waals surface area (Å²) < 4.78 is 7.86. The molecule has 3 rings (SSSR count). The Morgan fingerprint density at radius 3 is 2.67 bits per heavy atom. The number of rotatable bonds is 5. The summed E-state index contributed by atoms with van der Waals surface area (Å²) in [6.07, 6.45) is 5.83. The Morgan fingerprint density at radius 2 is 1.95 bits per heavy atom. The van der Waals surface area contributed by atoms with Crippen LogP contribution in [0.1, 0.15) is 37.3 Å². The van der Waals surface area contributed by atoms with Crippen molar-refractivity contribution in [3.05, 3.63) is 42.0 Å². The third-order valence-corrected chi connectivity index (χ3v) is 4.13. The van der Waals surface area contributed by atoms with E-state index in [1.165, 1.54) is 12.8 Å². The highest BCUT2D eigenvalue weighted by molar-refractivity contribution is 6.16. The molecule has 0 aliphatic carbocycles. The summed E-state index contributed by atoms with van der Waals surface area (Å²) in [6, 6.07) is 10.1. The number of ether oxygens (including phenoxy) is 1. The van der Waals surface area contributed by atoms with Crippen LogP contribution in [0.3, 0.4) is 0 Å². The van der Waals surface area contributed by atoms with Crippen LogP contribution in [0.4, 0.5) is 0 Å². The summed E-state index contributed by atoms with van der Waals surface area (Å²) in [5, 5.41) is 8.54. The second-order valence-electron chi connectivity index (χ2n) is 5.36. The average molecular weight is 306 g/mol. The predicted octanol–water partition coefficient (Wildman–Crippen LogP) is 3.51. The van der Waals surface area contributed by atoms with Crippen molar-refractivity contribution in [1.82, 2.24) is 14.8 Å². The van der Waals surface area contributed by atoms with Gasteiger partial charge in [0.05, 0.1) is 12.0 Å². The van der Waals surface area contributed by atoms with Gasteiger partial charge in [-0.3, -0.25) is 4.57 Å². The molecule has 1 unspecified atom stereocenters. The fourth-order valence-electron chi connectivity index (χ4n) is 2.80. The van der Waals surface area contributed by atoms with E-state index in [-0.39, 0.29) is 0 Å². The Labute approximate surface area is 130 Å². The van der Waals surface area contributed by atoms with Crippen LogP contribution >= 0.6 is 11.6 Å². The van der Waals surface area contributed by atoms with Crippen molar-refractivity contribution in [3.63, 3.8) is 0 Å². The molecule has 5 heteroatoms. The molecule has 1 aromatic carbocycles. The Balaban J connectivity index is 1.77. The van der Waals surface area contributed by atoms with Crippen molar-refractivity contribution in [1.29, 1.82) is 0 Å². The number of aryl methyl sites for hydroxylation is 1. The average Bonchev–Trinajstić information content (AvgIpc) is 2.97. The van der Waals surface area contributed by atoms with Gasteiger partial charge in [0.2, 0.25) is 0 Å². The zero-order valence-electron chi connectivity index (χ0n) is 12.0. The largest absolute Gasteiger partial charge is 0.378 e. The Morgan fingerprint density at radius 1 is 1.14 bits per heavy atom. The molecule has 0 amide bonds. The molecular formula is C16H20ClN3O. The van der Waals surface area contributed by atoms with Crippen LogP contribution in [-0.4, -0.2) is 27.5 Å². The zero-order valence-corrected chi connectivity index (χ0v) is 12.8. The van der Waals surface area contributed by atoms with Crippen molar-refractivity contribution in [2.75, 3.05) is 6.61 Å². The number of hydrogen-bond acceptors (Lipinski definition) is 3. The Bertz CT molecular complexity index is 564. The minimum Gasteiger partial charge on any atom is -0.378 e. The first-order valence-corrected chi connectivity index (χ1v) is 8.08. The van der Waals surface area contributed by atoms with E-state index in [2.05, 4.69) is 26.9 Å². The lowest BCUT2D eigenvalue weighted by Gasteiger charge is -2.22. The van der Waals surface area contributed by atoms with E-state index in [0.717, 1.165) is 43.2 Å². The molecule has 1 fully saturated rings. The minimum atomic E-state index is 0.360. The highest BCUT2D eigenvalue weighted by atomic mass is 35.5. The molecule has 0 N–H and O–H groups in total. The Kier molecular flexibility index (Phi) is 4.88. The van der Waals surface area contributed by atoms with Gasteiger partial charge >= 0.3 is 0 Å². The van der Waals surface area contributed by atoms with Crippen molar-refractivity contribution in [2.45, 2.75) is 44.1 Å². The standard InChI is InChI=1S/C16H20ClN3O/c17-12-16-19-18-15(10-9-14-8-4-5-11-21-14)20(16)13-6-2-1-3-7-13/h1-3,6-7,14H,4-5,8-12H2. The third kappa shape index (κ3) is 3.44. The van der Waals surface area contributed by atoms with E-state index in [4.69, 9.17) is 16.3 Å². The SMILES string of the molecule is ClCc1nnc(CCC2CCCCO2)n1-c1ccccc1. The molecule has 4 nitrogen and oxygen atoms in total. The molecule has 0 bridgehead atoms. The summed E-state index contributed by atoms with van der Waals surface area (Å²) in [5.41, 5.74) is 1.07. The van der Waals surface area contributed by atoms with Crippen molar-refractivity contribution in [3.8, 4) is 5.69 Å². The van der Waals surface area contributed by atoms with Crippen molar-refractivity contribution in [2.24, 2.45) is 0 Å². The van der Waals surface area contributed by atoms with Gasteiger partial charge in [0.15, 0.2) is 5.82 Å². The number of alkyl halides is 1. The molecule has 21 heavy (non-hydrogen) atoms. The topological polar surface area (TPSA) is 39.9 Å². The van der Waals surface area contributed by atoms with Gasteiger partial charge in [-0.1, -0.05) is 18.2 Å². The third-order valence-electron chi connectivity index (χ3n) is 3.89. The fraction of sp³-hybridized carbons (Fsp3) is 0.500. The molecular weight excluding hydrogens is 286 g/mol. The fourth-order valence-corrected chi connectivity index (χ4v) is 2.98. The maximum Gasteiger partial charge on any atom is 0.152 e. The number of benzene rings is 1. The Hall–Kier alpha value is -1.39. The lowest BCUT2D eigenvalue weighted by atomic mass is 10.0. The predicted molar refractivity (Wildman–Crippen MR) is 82.8 cm³/mol. The first kappa shape index (κ1) is 14.5. The van der Waals surface area contributed by atoms with Gasteiger partial charge in [0, 0.05) is 18.7 Å². The van der Waals surface area contributed by atoms with Crippen LogP contribution in [-0.2, 0) is 17.0 Å². The molecule has 2 heterocycles. The maximum atomic E-state index is 6.00. The molecule has 1 saturated heterocycles. The number of halogens is 1. The molecule has 112 valence electrons. The van der Waals surface area contributed by atoms with E-state index >= 15 is 0 Å². The van der Waals surface area contributed by atoms with Crippen LogP contribution in [0.25, 0.3) is 5.69 Å². The van der Waals surface area contributed by atoms with Gasteiger partial charge < -0.3 is 4.74 Å². The van der Waals surface area contributed by atoms with Gasteiger partial charge in [0.25, 0.3) is 0 Å². The molecule has 1 aliphatic heterocycles. The number of hydrogen-bond donors (Lipinski definition) is 0. The maximum absolute atomic E-state index is 6.00. The van der Waals surface area contributed by atoms with E-state index in [9.17, 15) is 0 Å². The summed E-state index contributed by atoms with van der Waals surface area (Å²) in [6.45, 7) is 0.892. The quantitative estimate of drug-likeness (QED) is 0.794. The van der Waals surface area contributed by atoms with Gasteiger partial charge in [-0.15, -0.1) is 21.8 Å².